The first-order valence-corrected chi connectivity index (χ1v) is 9.54. The zero-order valence-corrected chi connectivity index (χ0v) is 17.6. The number of aliphatic hydroxyl groups excluding tert-OH is 1. The Morgan fingerprint density at radius 1 is 1.23 bits per heavy atom. The number of aromatic nitrogens is 1. The number of methoxy groups -OCH3 is 1. The molecule has 0 aliphatic carbocycles. The minimum Gasteiger partial charge on any atom is -0.510 e. The SMILES string of the molecule is CCOC(=O)c1sc(NC(=O)/C(N=Nc2ccccc2C(=O)OC)=C(/C)O)nc1C. The van der Waals surface area contributed by atoms with Gasteiger partial charge < -0.3 is 14.6 Å². The molecule has 0 fully saturated rings. The van der Waals surface area contributed by atoms with Crippen molar-refractivity contribution in [2.45, 2.75) is 20.8 Å². The Bertz CT molecular complexity index is 1020. The molecule has 0 radical (unpaired) electrons. The van der Waals surface area contributed by atoms with Crippen LogP contribution in [0.5, 0.6) is 0 Å². The van der Waals surface area contributed by atoms with Gasteiger partial charge in [-0.15, -0.1) is 10.2 Å². The Balaban J connectivity index is 2.25. The van der Waals surface area contributed by atoms with E-state index in [0.29, 0.717) is 5.69 Å². The number of anilines is 1. The lowest BCUT2D eigenvalue weighted by atomic mass is 10.2. The molecular formula is C19H20N4O6S. The summed E-state index contributed by atoms with van der Waals surface area (Å²) in [5.74, 6) is -2.35. The lowest BCUT2D eigenvalue weighted by molar-refractivity contribution is -0.113. The van der Waals surface area contributed by atoms with Gasteiger partial charge in [-0.25, -0.2) is 14.6 Å². The van der Waals surface area contributed by atoms with Gasteiger partial charge in [0.1, 0.15) is 16.3 Å². The maximum atomic E-state index is 12.5. The van der Waals surface area contributed by atoms with Crippen LogP contribution in [0, 0.1) is 6.92 Å². The largest absolute Gasteiger partial charge is 0.510 e. The zero-order chi connectivity index (χ0) is 22.3. The number of esters is 2. The molecule has 0 atom stereocenters. The molecule has 2 rings (SSSR count). The lowest BCUT2D eigenvalue weighted by Gasteiger charge is -2.04. The second-order valence-corrected chi connectivity index (χ2v) is 6.75. The maximum absolute atomic E-state index is 12.5. The van der Waals surface area contributed by atoms with Gasteiger partial charge in [0.05, 0.1) is 25.0 Å². The third-order valence-corrected chi connectivity index (χ3v) is 4.66. The summed E-state index contributed by atoms with van der Waals surface area (Å²) in [6.45, 7) is 4.76. The molecule has 158 valence electrons. The van der Waals surface area contributed by atoms with E-state index in [9.17, 15) is 19.5 Å². The highest BCUT2D eigenvalue weighted by Gasteiger charge is 2.20. The Hall–Kier alpha value is -3.60. The van der Waals surface area contributed by atoms with E-state index in [1.54, 1.807) is 26.0 Å². The topological polar surface area (TPSA) is 140 Å². The van der Waals surface area contributed by atoms with Crippen LogP contribution in [0.4, 0.5) is 10.8 Å². The fourth-order valence-electron chi connectivity index (χ4n) is 2.22. The van der Waals surface area contributed by atoms with Crippen LogP contribution < -0.4 is 5.32 Å². The standard InChI is InChI=1S/C19H20N4O6S/c1-5-29-18(27)15-10(2)20-19(30-15)21-16(25)14(11(3)24)23-22-13-9-7-6-8-12(13)17(26)28-4/h6-9,24H,5H2,1-4H3,(H,20,21,25)/b14-11+,23-22?. The van der Waals surface area contributed by atoms with Crippen molar-refractivity contribution in [1.82, 2.24) is 4.98 Å². The molecule has 0 aliphatic heterocycles. The van der Waals surface area contributed by atoms with Gasteiger partial charge in [0, 0.05) is 0 Å². The third-order valence-electron chi connectivity index (χ3n) is 3.60. The highest BCUT2D eigenvalue weighted by molar-refractivity contribution is 7.17. The van der Waals surface area contributed by atoms with Gasteiger partial charge in [-0.1, -0.05) is 23.5 Å². The smallest absolute Gasteiger partial charge is 0.350 e. The minimum absolute atomic E-state index is 0.129. The van der Waals surface area contributed by atoms with Crippen LogP contribution in [0.15, 0.2) is 46.0 Å². The third kappa shape index (κ3) is 5.47. The van der Waals surface area contributed by atoms with E-state index in [2.05, 4.69) is 25.3 Å². The highest BCUT2D eigenvalue weighted by Crippen LogP contribution is 2.25. The summed E-state index contributed by atoms with van der Waals surface area (Å²) < 4.78 is 9.62. The summed E-state index contributed by atoms with van der Waals surface area (Å²) in [6, 6.07) is 6.25. The molecule has 1 aromatic carbocycles. The Labute approximate surface area is 176 Å². The normalized spacial score (nSPS) is 11.7. The van der Waals surface area contributed by atoms with E-state index < -0.39 is 23.6 Å². The van der Waals surface area contributed by atoms with E-state index in [4.69, 9.17) is 4.74 Å². The van der Waals surface area contributed by atoms with Crippen molar-refractivity contribution >= 4 is 40.0 Å². The number of aliphatic hydroxyl groups is 1. The molecule has 2 aromatic rings. The molecule has 0 saturated heterocycles. The number of ether oxygens (including phenoxy) is 2. The molecular weight excluding hydrogens is 412 g/mol. The van der Waals surface area contributed by atoms with Gasteiger partial charge in [-0.2, -0.15) is 0 Å². The summed E-state index contributed by atoms with van der Waals surface area (Å²) >= 11 is 0.934. The molecule has 11 heteroatoms. The van der Waals surface area contributed by atoms with Crippen molar-refractivity contribution in [2.75, 3.05) is 19.0 Å². The van der Waals surface area contributed by atoms with E-state index in [1.165, 1.54) is 26.2 Å². The van der Waals surface area contributed by atoms with Crippen molar-refractivity contribution in [3.8, 4) is 0 Å². The molecule has 30 heavy (non-hydrogen) atoms. The number of rotatable bonds is 7. The quantitative estimate of drug-likeness (QED) is 0.292. The Morgan fingerprint density at radius 3 is 2.57 bits per heavy atom. The van der Waals surface area contributed by atoms with Crippen LogP contribution in [0.25, 0.3) is 0 Å². The van der Waals surface area contributed by atoms with Crippen molar-refractivity contribution in [1.29, 1.82) is 0 Å². The molecule has 1 heterocycles. The number of azo groups is 1. The molecule has 2 N–H and O–H groups in total. The first-order chi connectivity index (χ1) is 14.3. The lowest BCUT2D eigenvalue weighted by Crippen LogP contribution is -2.14. The summed E-state index contributed by atoms with van der Waals surface area (Å²) in [6.07, 6.45) is 0. The number of hydrogen-bond acceptors (Lipinski definition) is 10. The van der Waals surface area contributed by atoms with Crippen LogP contribution in [0.2, 0.25) is 0 Å². The first-order valence-electron chi connectivity index (χ1n) is 8.73. The van der Waals surface area contributed by atoms with Crippen LogP contribution in [-0.2, 0) is 14.3 Å². The van der Waals surface area contributed by atoms with Gasteiger partial charge in [-0.3, -0.25) is 10.1 Å². The number of carbonyl (C=O) groups is 3. The average molecular weight is 432 g/mol. The minimum atomic E-state index is -0.793. The summed E-state index contributed by atoms with van der Waals surface area (Å²) in [7, 11) is 1.23. The maximum Gasteiger partial charge on any atom is 0.350 e. The fourth-order valence-corrected chi connectivity index (χ4v) is 3.08. The van der Waals surface area contributed by atoms with E-state index in [-0.39, 0.29) is 33.6 Å². The fraction of sp³-hybridized carbons (Fsp3) is 0.263. The predicted octanol–water partition coefficient (Wildman–Crippen LogP) is 3.93. The van der Waals surface area contributed by atoms with Gasteiger partial charge in [0.25, 0.3) is 5.91 Å². The average Bonchev–Trinajstić information content (AvgIpc) is 3.07. The van der Waals surface area contributed by atoms with Crippen molar-refractivity contribution < 1.29 is 29.0 Å². The molecule has 1 aromatic heterocycles. The first kappa shape index (κ1) is 22.7. The number of allylic oxidation sites excluding steroid dienone is 1. The van der Waals surface area contributed by atoms with E-state index in [0.717, 1.165) is 11.3 Å². The highest BCUT2D eigenvalue weighted by atomic mass is 32.1. The van der Waals surface area contributed by atoms with Crippen LogP contribution in [0.1, 0.15) is 39.6 Å². The van der Waals surface area contributed by atoms with Crippen molar-refractivity contribution in [3.05, 3.63) is 51.9 Å². The molecule has 0 spiro atoms. The van der Waals surface area contributed by atoms with E-state index in [1.807, 2.05) is 0 Å². The molecule has 1 amide bonds. The summed E-state index contributed by atoms with van der Waals surface area (Å²) in [5.41, 5.74) is 0.313. The number of aryl methyl sites for hydroxylation is 1. The number of amides is 1. The van der Waals surface area contributed by atoms with Gasteiger partial charge in [-0.05, 0) is 32.9 Å². The van der Waals surface area contributed by atoms with Crippen LogP contribution in [-0.4, -0.2) is 41.7 Å². The number of thiazole rings is 1. The second kappa shape index (κ2) is 10.3. The predicted molar refractivity (Wildman–Crippen MR) is 109 cm³/mol. The number of carbonyl (C=O) groups excluding carboxylic acids is 3. The number of benzene rings is 1. The second-order valence-electron chi connectivity index (χ2n) is 5.75. The molecule has 10 nitrogen and oxygen atoms in total. The molecule has 0 unspecified atom stereocenters. The van der Waals surface area contributed by atoms with E-state index >= 15 is 0 Å². The zero-order valence-electron chi connectivity index (χ0n) is 16.8. The Morgan fingerprint density at radius 2 is 1.93 bits per heavy atom. The van der Waals surface area contributed by atoms with Gasteiger partial charge in [0.15, 0.2) is 10.8 Å². The van der Waals surface area contributed by atoms with Gasteiger partial charge >= 0.3 is 11.9 Å². The summed E-state index contributed by atoms with van der Waals surface area (Å²) in [5, 5.41) is 20.1. The number of nitrogens with one attached hydrogen (secondary N) is 1. The summed E-state index contributed by atoms with van der Waals surface area (Å²) in [4.78, 5) is 40.6. The number of hydrogen-bond donors (Lipinski definition) is 2. The Kier molecular flexibility index (Phi) is 7.76. The molecule has 0 aliphatic rings. The monoisotopic (exact) mass is 432 g/mol. The number of nitrogens with zero attached hydrogens (tertiary/aromatic N) is 3. The van der Waals surface area contributed by atoms with Crippen LogP contribution >= 0.6 is 11.3 Å². The van der Waals surface area contributed by atoms with Crippen molar-refractivity contribution in [2.24, 2.45) is 10.2 Å². The van der Waals surface area contributed by atoms with Gasteiger partial charge in [0.2, 0.25) is 0 Å². The molecule has 0 bridgehead atoms. The molecule has 0 saturated carbocycles. The van der Waals surface area contributed by atoms with Crippen molar-refractivity contribution in [3.63, 3.8) is 0 Å². The van der Waals surface area contributed by atoms with Crippen LogP contribution in [0.3, 0.4) is 0 Å².